The van der Waals surface area contributed by atoms with Crippen LogP contribution in [-0.4, -0.2) is 11.9 Å². The van der Waals surface area contributed by atoms with Gasteiger partial charge in [-0.2, -0.15) is 0 Å². The lowest BCUT2D eigenvalue weighted by atomic mass is 10.0. The summed E-state index contributed by atoms with van der Waals surface area (Å²) in [6.45, 7) is 4.09. The predicted molar refractivity (Wildman–Crippen MR) is 80.3 cm³/mol. The third-order valence-corrected chi connectivity index (χ3v) is 3.78. The van der Waals surface area contributed by atoms with E-state index in [1.54, 1.807) is 0 Å². The van der Waals surface area contributed by atoms with E-state index in [-0.39, 0.29) is 36.3 Å². The van der Waals surface area contributed by atoms with Gasteiger partial charge in [-0.1, -0.05) is 29.8 Å². The molecule has 0 radical (unpaired) electrons. The molecule has 0 saturated heterocycles. The van der Waals surface area contributed by atoms with Crippen molar-refractivity contribution in [3.05, 3.63) is 35.4 Å². The Morgan fingerprint density at radius 2 is 1.95 bits per heavy atom. The normalized spacial score (nSPS) is 23.5. The average Bonchev–Trinajstić information content (AvgIpc) is 2.76. The summed E-state index contributed by atoms with van der Waals surface area (Å²) in [4.78, 5) is 12.1. The molecule has 0 bridgehead atoms. The molecule has 1 aromatic rings. The second-order valence-electron chi connectivity index (χ2n) is 5.41. The Balaban J connectivity index is 0.00000180. The molecule has 0 aliphatic heterocycles. The van der Waals surface area contributed by atoms with Crippen molar-refractivity contribution < 1.29 is 4.79 Å². The lowest BCUT2D eigenvalue weighted by Gasteiger charge is -2.17. The fraction of sp³-hybridized carbons (Fsp3) is 0.533. The Morgan fingerprint density at radius 3 is 2.47 bits per heavy atom. The number of aryl methyl sites for hydroxylation is 1. The van der Waals surface area contributed by atoms with Gasteiger partial charge in [0.1, 0.15) is 0 Å². The van der Waals surface area contributed by atoms with Crippen LogP contribution in [0.25, 0.3) is 0 Å². The zero-order chi connectivity index (χ0) is 13.1. The van der Waals surface area contributed by atoms with E-state index in [1.807, 2.05) is 6.92 Å². The van der Waals surface area contributed by atoms with Crippen molar-refractivity contribution in [3.8, 4) is 0 Å². The Kier molecular flexibility index (Phi) is 5.83. The SMILES string of the molecule is Cc1ccc(C(C)NC(=O)C2CCC(N)C2)cc1.Cl. The third kappa shape index (κ3) is 4.22. The van der Waals surface area contributed by atoms with E-state index in [0.717, 1.165) is 24.8 Å². The number of carbonyl (C=O) groups is 1. The van der Waals surface area contributed by atoms with Gasteiger partial charge in [0.05, 0.1) is 6.04 Å². The minimum atomic E-state index is 0. The maximum atomic E-state index is 12.1. The molecule has 3 nitrogen and oxygen atoms in total. The molecule has 1 aromatic carbocycles. The summed E-state index contributed by atoms with van der Waals surface area (Å²) >= 11 is 0. The second kappa shape index (κ2) is 6.92. The van der Waals surface area contributed by atoms with Crippen molar-refractivity contribution in [1.82, 2.24) is 5.32 Å². The number of hydrogen-bond donors (Lipinski definition) is 2. The monoisotopic (exact) mass is 282 g/mol. The number of carbonyl (C=O) groups excluding carboxylic acids is 1. The van der Waals surface area contributed by atoms with Crippen LogP contribution in [-0.2, 0) is 4.79 Å². The molecule has 3 atom stereocenters. The highest BCUT2D eigenvalue weighted by Crippen LogP contribution is 2.25. The van der Waals surface area contributed by atoms with Crippen LogP contribution >= 0.6 is 12.4 Å². The van der Waals surface area contributed by atoms with Crippen molar-refractivity contribution in [2.45, 2.75) is 45.2 Å². The standard InChI is InChI=1S/C15H22N2O.ClH/c1-10-3-5-12(6-4-10)11(2)17-15(18)13-7-8-14(16)9-13;/h3-6,11,13-14H,7-9,16H2,1-2H3,(H,17,18);1H. The number of halogens is 1. The molecule has 3 N–H and O–H groups in total. The zero-order valence-corrected chi connectivity index (χ0v) is 12.4. The molecule has 0 spiro atoms. The van der Waals surface area contributed by atoms with Gasteiger partial charge in [-0.3, -0.25) is 4.79 Å². The average molecular weight is 283 g/mol. The summed E-state index contributed by atoms with van der Waals surface area (Å²) in [5, 5.41) is 3.08. The van der Waals surface area contributed by atoms with Gasteiger partial charge in [-0.15, -0.1) is 12.4 Å². The van der Waals surface area contributed by atoms with Gasteiger partial charge in [-0.05, 0) is 38.7 Å². The van der Waals surface area contributed by atoms with Crippen LogP contribution in [0, 0.1) is 12.8 Å². The smallest absolute Gasteiger partial charge is 0.223 e. The van der Waals surface area contributed by atoms with Gasteiger partial charge in [0.25, 0.3) is 0 Å². The minimum Gasteiger partial charge on any atom is -0.349 e. The summed E-state index contributed by atoms with van der Waals surface area (Å²) in [6.07, 6.45) is 2.72. The molecule has 2 rings (SSSR count). The Labute approximate surface area is 121 Å². The van der Waals surface area contributed by atoms with Crippen LogP contribution in [0.4, 0.5) is 0 Å². The highest BCUT2D eigenvalue weighted by molar-refractivity contribution is 5.85. The van der Waals surface area contributed by atoms with Crippen molar-refractivity contribution in [2.75, 3.05) is 0 Å². The number of nitrogens with one attached hydrogen (secondary N) is 1. The summed E-state index contributed by atoms with van der Waals surface area (Å²) < 4.78 is 0. The molecule has 0 heterocycles. The number of rotatable bonds is 3. The fourth-order valence-electron chi connectivity index (χ4n) is 2.52. The summed E-state index contributed by atoms with van der Waals surface area (Å²) in [5.41, 5.74) is 8.23. The molecule has 3 unspecified atom stereocenters. The molecule has 1 fully saturated rings. The first-order valence-electron chi connectivity index (χ1n) is 6.69. The highest BCUT2D eigenvalue weighted by atomic mass is 35.5. The van der Waals surface area contributed by atoms with E-state index in [2.05, 4.69) is 36.5 Å². The summed E-state index contributed by atoms with van der Waals surface area (Å²) in [5.74, 6) is 0.254. The molecule has 0 aromatic heterocycles. The Hall–Kier alpha value is -1.06. The first kappa shape index (κ1) is 16.0. The van der Waals surface area contributed by atoms with E-state index in [1.165, 1.54) is 5.56 Å². The summed E-state index contributed by atoms with van der Waals surface area (Å²) in [7, 11) is 0. The molecule has 1 amide bonds. The van der Waals surface area contributed by atoms with Gasteiger partial charge >= 0.3 is 0 Å². The molecule has 1 aliphatic carbocycles. The largest absolute Gasteiger partial charge is 0.349 e. The molecule has 106 valence electrons. The number of hydrogen-bond acceptors (Lipinski definition) is 2. The maximum Gasteiger partial charge on any atom is 0.223 e. The molecule has 1 saturated carbocycles. The van der Waals surface area contributed by atoms with E-state index >= 15 is 0 Å². The minimum absolute atomic E-state index is 0. The third-order valence-electron chi connectivity index (χ3n) is 3.78. The first-order valence-corrected chi connectivity index (χ1v) is 6.69. The van der Waals surface area contributed by atoms with Gasteiger partial charge in [0.15, 0.2) is 0 Å². The second-order valence-corrected chi connectivity index (χ2v) is 5.41. The molecular weight excluding hydrogens is 260 g/mol. The van der Waals surface area contributed by atoms with E-state index in [0.29, 0.717) is 0 Å². The predicted octanol–water partition coefficient (Wildman–Crippen LogP) is 2.72. The number of benzene rings is 1. The van der Waals surface area contributed by atoms with Crippen LogP contribution in [0.15, 0.2) is 24.3 Å². The maximum absolute atomic E-state index is 12.1. The molecule has 4 heteroatoms. The summed E-state index contributed by atoms with van der Waals surface area (Å²) in [6, 6.07) is 8.55. The van der Waals surface area contributed by atoms with Crippen molar-refractivity contribution in [2.24, 2.45) is 11.7 Å². The van der Waals surface area contributed by atoms with E-state index < -0.39 is 0 Å². The quantitative estimate of drug-likeness (QED) is 0.896. The molecule has 19 heavy (non-hydrogen) atoms. The zero-order valence-electron chi connectivity index (χ0n) is 11.6. The van der Waals surface area contributed by atoms with Gasteiger partial charge < -0.3 is 11.1 Å². The van der Waals surface area contributed by atoms with Crippen LogP contribution in [0.5, 0.6) is 0 Å². The van der Waals surface area contributed by atoms with Gasteiger partial charge in [-0.25, -0.2) is 0 Å². The van der Waals surface area contributed by atoms with Crippen molar-refractivity contribution >= 4 is 18.3 Å². The van der Waals surface area contributed by atoms with Gasteiger partial charge in [0, 0.05) is 12.0 Å². The Morgan fingerprint density at radius 1 is 1.32 bits per heavy atom. The van der Waals surface area contributed by atoms with Crippen LogP contribution in [0.1, 0.15) is 43.4 Å². The number of nitrogens with two attached hydrogens (primary N) is 1. The fourth-order valence-corrected chi connectivity index (χ4v) is 2.52. The number of amides is 1. The van der Waals surface area contributed by atoms with Crippen LogP contribution in [0.2, 0.25) is 0 Å². The van der Waals surface area contributed by atoms with Crippen molar-refractivity contribution in [1.29, 1.82) is 0 Å². The lowest BCUT2D eigenvalue weighted by Crippen LogP contribution is -2.32. The van der Waals surface area contributed by atoms with Crippen LogP contribution < -0.4 is 11.1 Å². The van der Waals surface area contributed by atoms with Gasteiger partial charge in [0.2, 0.25) is 5.91 Å². The molecule has 1 aliphatic rings. The first-order chi connectivity index (χ1) is 8.56. The van der Waals surface area contributed by atoms with Crippen LogP contribution in [0.3, 0.4) is 0 Å². The Bertz CT molecular complexity index is 419. The lowest BCUT2D eigenvalue weighted by molar-refractivity contribution is -0.125. The van der Waals surface area contributed by atoms with E-state index in [4.69, 9.17) is 5.73 Å². The molecular formula is C15H23ClN2O. The van der Waals surface area contributed by atoms with E-state index in [9.17, 15) is 4.79 Å². The topological polar surface area (TPSA) is 55.1 Å². The van der Waals surface area contributed by atoms with Crippen molar-refractivity contribution in [3.63, 3.8) is 0 Å². The highest BCUT2D eigenvalue weighted by Gasteiger charge is 2.28.